The highest BCUT2D eigenvalue weighted by molar-refractivity contribution is 5.92. The van der Waals surface area contributed by atoms with Crippen LogP contribution >= 0.6 is 0 Å². The monoisotopic (exact) mass is 435 g/mol. The summed E-state index contributed by atoms with van der Waals surface area (Å²) in [4.78, 5) is 16.4. The number of hydrogen-bond donors (Lipinski definition) is 1. The number of imidazole rings is 1. The van der Waals surface area contributed by atoms with E-state index in [-0.39, 0.29) is 5.91 Å². The van der Waals surface area contributed by atoms with Crippen molar-refractivity contribution in [1.29, 1.82) is 0 Å². The Labute approximate surface area is 190 Å². The molecule has 170 valence electrons. The first-order chi connectivity index (χ1) is 15.6. The van der Waals surface area contributed by atoms with E-state index in [0.29, 0.717) is 18.7 Å². The molecule has 1 amide bonds. The van der Waals surface area contributed by atoms with E-state index in [1.54, 1.807) is 14.0 Å². The summed E-state index contributed by atoms with van der Waals surface area (Å²) in [5, 5.41) is 2.89. The van der Waals surface area contributed by atoms with Crippen LogP contribution < -0.4 is 14.8 Å². The van der Waals surface area contributed by atoms with Gasteiger partial charge in [-0.2, -0.15) is 0 Å². The topological polar surface area (TPSA) is 65.4 Å². The lowest BCUT2D eigenvalue weighted by Gasteiger charge is -2.11. The molecule has 0 unspecified atom stereocenters. The molecule has 3 rings (SSSR count). The molecule has 0 atom stereocenters. The van der Waals surface area contributed by atoms with Crippen molar-refractivity contribution in [3.05, 3.63) is 66.5 Å². The van der Waals surface area contributed by atoms with Crippen molar-refractivity contribution < 1.29 is 14.3 Å². The van der Waals surface area contributed by atoms with Crippen molar-refractivity contribution in [2.75, 3.05) is 20.3 Å². The number of aryl methyl sites for hydroxylation is 2. The van der Waals surface area contributed by atoms with Gasteiger partial charge >= 0.3 is 0 Å². The van der Waals surface area contributed by atoms with Crippen LogP contribution in [0.25, 0.3) is 11.0 Å². The second kappa shape index (κ2) is 11.9. The number of para-hydroxylation sites is 2. The van der Waals surface area contributed by atoms with Gasteiger partial charge in [0.2, 0.25) is 5.91 Å². The van der Waals surface area contributed by atoms with Crippen molar-refractivity contribution in [3.8, 4) is 11.5 Å². The molecule has 0 saturated heterocycles. The van der Waals surface area contributed by atoms with Gasteiger partial charge in [-0.3, -0.25) is 4.79 Å². The number of nitrogens with one attached hydrogen (secondary N) is 1. The van der Waals surface area contributed by atoms with Crippen LogP contribution in [0.5, 0.6) is 11.5 Å². The van der Waals surface area contributed by atoms with Crippen molar-refractivity contribution in [2.45, 2.75) is 45.6 Å². The fraction of sp³-hybridized carbons (Fsp3) is 0.385. The van der Waals surface area contributed by atoms with E-state index >= 15 is 0 Å². The Hall–Kier alpha value is -3.28. The summed E-state index contributed by atoms with van der Waals surface area (Å²) in [6.45, 7) is 7.55. The first kappa shape index (κ1) is 23.4. The van der Waals surface area contributed by atoms with E-state index in [1.165, 1.54) is 0 Å². The highest BCUT2D eigenvalue weighted by Crippen LogP contribution is 2.20. The highest BCUT2D eigenvalue weighted by atomic mass is 16.5. The number of hydrogen-bond acceptors (Lipinski definition) is 4. The second-order valence-corrected chi connectivity index (χ2v) is 7.90. The number of benzene rings is 2. The summed E-state index contributed by atoms with van der Waals surface area (Å²) in [6.07, 6.45) is 4.83. The van der Waals surface area contributed by atoms with E-state index in [1.807, 2.05) is 30.3 Å². The quantitative estimate of drug-likeness (QED) is 0.306. The third-order valence-corrected chi connectivity index (χ3v) is 5.32. The van der Waals surface area contributed by atoms with Crippen molar-refractivity contribution >= 4 is 16.9 Å². The molecular weight excluding hydrogens is 402 g/mol. The molecule has 6 heteroatoms. The predicted octanol–water partition coefficient (Wildman–Crippen LogP) is 4.92. The normalized spacial score (nSPS) is 10.8. The first-order valence-electron chi connectivity index (χ1n) is 11.2. The third kappa shape index (κ3) is 6.61. The summed E-state index contributed by atoms with van der Waals surface area (Å²) < 4.78 is 13.5. The number of unbranched alkanes of at least 4 members (excludes halogenated alkanes) is 2. The number of fused-ring (bicyclic) bond motifs is 1. The van der Waals surface area contributed by atoms with Gasteiger partial charge in [-0.25, -0.2) is 4.98 Å². The Morgan fingerprint density at radius 1 is 1.06 bits per heavy atom. The lowest BCUT2D eigenvalue weighted by Crippen LogP contribution is -2.24. The molecule has 0 radical (unpaired) electrons. The Morgan fingerprint density at radius 3 is 2.69 bits per heavy atom. The highest BCUT2D eigenvalue weighted by Gasteiger charge is 2.10. The minimum absolute atomic E-state index is 0.0667. The number of rotatable bonds is 13. The maximum Gasteiger partial charge on any atom is 0.246 e. The van der Waals surface area contributed by atoms with E-state index in [4.69, 9.17) is 14.5 Å². The Kier molecular flexibility index (Phi) is 8.72. The van der Waals surface area contributed by atoms with Gasteiger partial charge in [0, 0.05) is 31.1 Å². The Balaban J connectivity index is 1.51. The molecule has 0 aliphatic rings. The first-order valence-corrected chi connectivity index (χ1v) is 11.2. The van der Waals surface area contributed by atoms with E-state index in [9.17, 15) is 4.79 Å². The molecule has 0 spiro atoms. The van der Waals surface area contributed by atoms with E-state index in [2.05, 4.69) is 34.7 Å². The number of aromatic nitrogens is 2. The van der Waals surface area contributed by atoms with Crippen LogP contribution in [0.15, 0.2) is 60.7 Å². The number of carbonyl (C=O) groups excluding carboxylic acids is 1. The number of methoxy groups -OCH3 is 1. The fourth-order valence-corrected chi connectivity index (χ4v) is 3.61. The molecule has 1 aromatic heterocycles. The van der Waals surface area contributed by atoms with E-state index in [0.717, 1.165) is 67.0 Å². The van der Waals surface area contributed by atoms with Gasteiger partial charge in [0.25, 0.3) is 0 Å². The molecule has 32 heavy (non-hydrogen) atoms. The van der Waals surface area contributed by atoms with Gasteiger partial charge in [-0.15, -0.1) is 0 Å². The zero-order valence-electron chi connectivity index (χ0n) is 19.1. The van der Waals surface area contributed by atoms with Gasteiger partial charge in [-0.1, -0.05) is 31.2 Å². The van der Waals surface area contributed by atoms with Gasteiger partial charge < -0.3 is 19.4 Å². The van der Waals surface area contributed by atoms with E-state index < -0.39 is 0 Å². The van der Waals surface area contributed by atoms with Crippen LogP contribution in [-0.2, 0) is 17.8 Å². The molecule has 0 bridgehead atoms. The molecule has 0 fully saturated rings. The van der Waals surface area contributed by atoms with Crippen LogP contribution in [0.4, 0.5) is 0 Å². The average Bonchev–Trinajstić information content (AvgIpc) is 3.16. The second-order valence-electron chi connectivity index (χ2n) is 7.90. The smallest absolute Gasteiger partial charge is 0.246 e. The van der Waals surface area contributed by atoms with Crippen molar-refractivity contribution in [2.24, 2.45) is 0 Å². The number of ether oxygens (including phenoxy) is 2. The maximum atomic E-state index is 11.5. The molecule has 2 aromatic carbocycles. The summed E-state index contributed by atoms with van der Waals surface area (Å²) >= 11 is 0. The SMILES string of the molecule is C=C(C)C(=O)NCCCCCc1nc2ccccc2n1CCCOc1cccc(OC)c1. The molecule has 1 N–H and O–H groups in total. The number of amides is 1. The standard InChI is InChI=1S/C26H33N3O3/c1-20(2)26(30)27-16-8-4-5-15-25-28-23-13-6-7-14-24(23)29(25)17-10-18-32-22-12-9-11-21(19-22)31-3/h6-7,9,11-14,19H,1,4-5,8,10,15-18H2,2-3H3,(H,27,30). The summed E-state index contributed by atoms with van der Waals surface area (Å²) in [6, 6.07) is 16.0. The van der Waals surface area contributed by atoms with Gasteiger partial charge in [0.05, 0.1) is 24.8 Å². The van der Waals surface area contributed by atoms with Gasteiger partial charge in [0.1, 0.15) is 17.3 Å². The summed E-state index contributed by atoms with van der Waals surface area (Å²) in [5.74, 6) is 2.66. The largest absolute Gasteiger partial charge is 0.497 e. The third-order valence-electron chi connectivity index (χ3n) is 5.32. The molecule has 3 aromatic rings. The Morgan fingerprint density at radius 2 is 1.88 bits per heavy atom. The average molecular weight is 436 g/mol. The lowest BCUT2D eigenvalue weighted by atomic mass is 10.2. The zero-order valence-corrected chi connectivity index (χ0v) is 19.1. The van der Waals surface area contributed by atoms with Crippen molar-refractivity contribution in [1.82, 2.24) is 14.9 Å². The van der Waals surface area contributed by atoms with Crippen LogP contribution in [0.3, 0.4) is 0 Å². The van der Waals surface area contributed by atoms with Crippen LogP contribution in [0.1, 0.15) is 38.4 Å². The minimum Gasteiger partial charge on any atom is -0.497 e. The maximum absolute atomic E-state index is 11.5. The minimum atomic E-state index is -0.0667. The molecule has 1 heterocycles. The van der Waals surface area contributed by atoms with Crippen LogP contribution in [0, 0.1) is 0 Å². The predicted molar refractivity (Wildman–Crippen MR) is 128 cm³/mol. The molecule has 0 saturated carbocycles. The molecular formula is C26H33N3O3. The van der Waals surface area contributed by atoms with Crippen molar-refractivity contribution in [3.63, 3.8) is 0 Å². The summed E-state index contributed by atoms with van der Waals surface area (Å²) in [7, 11) is 1.66. The van der Waals surface area contributed by atoms with Crippen LogP contribution in [-0.4, -0.2) is 35.7 Å². The number of carbonyl (C=O) groups is 1. The van der Waals surface area contributed by atoms with Gasteiger partial charge in [0.15, 0.2) is 0 Å². The molecule has 6 nitrogen and oxygen atoms in total. The zero-order chi connectivity index (χ0) is 22.8. The fourth-order valence-electron chi connectivity index (χ4n) is 3.61. The lowest BCUT2D eigenvalue weighted by molar-refractivity contribution is -0.117. The molecule has 0 aliphatic carbocycles. The number of nitrogens with zero attached hydrogens (tertiary/aromatic N) is 2. The summed E-state index contributed by atoms with van der Waals surface area (Å²) in [5.41, 5.74) is 2.75. The van der Waals surface area contributed by atoms with Gasteiger partial charge in [-0.05, 0) is 50.5 Å². The Bertz CT molecular complexity index is 1040. The molecule has 0 aliphatic heterocycles. The van der Waals surface area contributed by atoms with Crippen LogP contribution in [0.2, 0.25) is 0 Å².